The molecule has 1 aliphatic carbocycles. The summed E-state index contributed by atoms with van der Waals surface area (Å²) in [4.78, 5) is 0. The monoisotopic (exact) mass is 270 g/mol. The van der Waals surface area contributed by atoms with Gasteiger partial charge in [-0.2, -0.15) is 16.8 Å². The van der Waals surface area contributed by atoms with Gasteiger partial charge in [0.15, 0.2) is 0 Å². The zero-order chi connectivity index (χ0) is 12.4. The Kier molecular flexibility index (Phi) is 4.11. The van der Waals surface area contributed by atoms with E-state index in [4.69, 9.17) is 4.18 Å². The number of hydrogen-bond donors (Lipinski definition) is 0. The van der Waals surface area contributed by atoms with Gasteiger partial charge in [0.1, 0.15) is 0 Å². The Morgan fingerprint density at radius 3 is 2.31 bits per heavy atom. The molecule has 0 aliphatic heterocycles. The van der Waals surface area contributed by atoms with Gasteiger partial charge < -0.3 is 0 Å². The van der Waals surface area contributed by atoms with Crippen molar-refractivity contribution in [2.45, 2.75) is 12.5 Å². The van der Waals surface area contributed by atoms with Crippen LogP contribution in [0.15, 0.2) is 12.2 Å². The summed E-state index contributed by atoms with van der Waals surface area (Å²) in [7, 11) is -7.06. The lowest BCUT2D eigenvalue weighted by atomic mass is 10.1. The molecule has 0 aromatic carbocycles. The topological polar surface area (TPSA) is 86.7 Å². The lowest BCUT2D eigenvalue weighted by Crippen LogP contribution is -2.26. The van der Waals surface area contributed by atoms with Crippen LogP contribution in [0.3, 0.4) is 0 Å². The van der Waals surface area contributed by atoms with E-state index in [-0.39, 0.29) is 12.5 Å². The third-order valence-electron chi connectivity index (χ3n) is 2.00. The molecule has 0 fully saturated rings. The number of hydrogen-bond acceptors (Lipinski definition) is 6. The van der Waals surface area contributed by atoms with Gasteiger partial charge in [0.25, 0.3) is 20.2 Å². The fraction of sp³-hybridized carbons (Fsp3) is 0.750. The minimum atomic E-state index is -3.54. The van der Waals surface area contributed by atoms with Gasteiger partial charge in [0.2, 0.25) is 0 Å². The average molecular weight is 270 g/mol. The summed E-state index contributed by atoms with van der Waals surface area (Å²) < 4.78 is 52.8. The third-order valence-corrected chi connectivity index (χ3v) is 3.16. The summed E-state index contributed by atoms with van der Waals surface area (Å²) in [6.45, 7) is -0.102. The fourth-order valence-corrected chi connectivity index (χ4v) is 2.46. The lowest BCUT2D eigenvalue weighted by Gasteiger charge is -2.17. The molecule has 1 aliphatic rings. The van der Waals surface area contributed by atoms with Crippen molar-refractivity contribution in [3.05, 3.63) is 12.2 Å². The molecule has 1 rings (SSSR count). The summed E-state index contributed by atoms with van der Waals surface area (Å²) in [5.41, 5.74) is 0. The van der Waals surface area contributed by atoms with Crippen molar-refractivity contribution in [1.82, 2.24) is 0 Å². The maximum atomic E-state index is 10.9. The van der Waals surface area contributed by atoms with E-state index in [2.05, 4.69) is 4.18 Å². The zero-order valence-corrected chi connectivity index (χ0v) is 10.6. The molecule has 0 spiro atoms. The van der Waals surface area contributed by atoms with Gasteiger partial charge in [0.05, 0.1) is 25.2 Å². The molecule has 0 radical (unpaired) electrons. The van der Waals surface area contributed by atoms with Crippen molar-refractivity contribution in [3.63, 3.8) is 0 Å². The standard InChI is InChI=1S/C8H14O6S2/c1-15(9,10)13-6-7-4-3-5-8(7)14-16(2,11)12/h3-4,7-8H,5-6H2,1-2H3/t7-,8-/m0/s1. The molecule has 94 valence electrons. The molecule has 0 amide bonds. The summed E-state index contributed by atoms with van der Waals surface area (Å²) in [6, 6.07) is 0. The molecule has 0 aromatic heterocycles. The highest BCUT2D eigenvalue weighted by atomic mass is 32.2. The molecular weight excluding hydrogens is 256 g/mol. The van der Waals surface area contributed by atoms with Gasteiger partial charge in [-0.05, 0) is 6.42 Å². The van der Waals surface area contributed by atoms with E-state index < -0.39 is 26.3 Å². The van der Waals surface area contributed by atoms with Gasteiger partial charge in [-0.15, -0.1) is 0 Å². The second kappa shape index (κ2) is 4.82. The zero-order valence-electron chi connectivity index (χ0n) is 8.99. The van der Waals surface area contributed by atoms with Crippen LogP contribution in [0.25, 0.3) is 0 Å². The van der Waals surface area contributed by atoms with Crippen molar-refractivity contribution in [2.75, 3.05) is 19.1 Å². The highest BCUT2D eigenvalue weighted by Gasteiger charge is 2.28. The summed E-state index contributed by atoms with van der Waals surface area (Å²) in [6.07, 6.45) is 5.20. The van der Waals surface area contributed by atoms with Gasteiger partial charge in [-0.25, -0.2) is 0 Å². The van der Waals surface area contributed by atoms with Crippen LogP contribution in [0, 0.1) is 5.92 Å². The number of rotatable bonds is 5. The Hall–Kier alpha value is -0.440. The Bertz CT molecular complexity index is 461. The van der Waals surface area contributed by atoms with Crippen molar-refractivity contribution >= 4 is 20.2 Å². The van der Waals surface area contributed by atoms with E-state index >= 15 is 0 Å². The van der Waals surface area contributed by atoms with E-state index in [1.807, 2.05) is 0 Å². The minimum Gasteiger partial charge on any atom is -0.270 e. The normalized spacial score (nSPS) is 26.1. The molecule has 0 bridgehead atoms. The van der Waals surface area contributed by atoms with Crippen molar-refractivity contribution < 1.29 is 25.2 Å². The van der Waals surface area contributed by atoms with E-state index in [0.717, 1.165) is 12.5 Å². The maximum Gasteiger partial charge on any atom is 0.264 e. The summed E-state index contributed by atoms with van der Waals surface area (Å²) in [5.74, 6) is -0.357. The molecule has 0 unspecified atom stereocenters. The van der Waals surface area contributed by atoms with E-state index in [0.29, 0.717) is 6.42 Å². The lowest BCUT2D eigenvalue weighted by molar-refractivity contribution is 0.142. The van der Waals surface area contributed by atoms with Gasteiger partial charge in [0, 0.05) is 5.92 Å². The second-order valence-corrected chi connectivity index (χ2v) is 6.90. The highest BCUT2D eigenvalue weighted by Crippen LogP contribution is 2.23. The van der Waals surface area contributed by atoms with Crippen LogP contribution >= 0.6 is 0 Å². The van der Waals surface area contributed by atoms with Crippen LogP contribution in [0.5, 0.6) is 0 Å². The SMILES string of the molecule is CS(=O)(=O)OC[C@@H]1C=CC[C@@H]1OS(C)(=O)=O. The first-order valence-electron chi connectivity index (χ1n) is 4.57. The maximum absolute atomic E-state index is 10.9. The molecule has 0 saturated carbocycles. The smallest absolute Gasteiger partial charge is 0.264 e. The van der Waals surface area contributed by atoms with Gasteiger partial charge in [-0.1, -0.05) is 12.2 Å². The minimum absolute atomic E-state index is 0.102. The predicted molar refractivity (Wildman–Crippen MR) is 57.8 cm³/mol. The Labute approximate surface area is 95.5 Å². The van der Waals surface area contributed by atoms with E-state index in [1.54, 1.807) is 12.2 Å². The molecule has 8 heteroatoms. The molecule has 2 atom stereocenters. The predicted octanol–water partition coefficient (Wildman–Crippen LogP) is -0.116. The first kappa shape index (κ1) is 13.6. The van der Waals surface area contributed by atoms with Crippen molar-refractivity contribution in [2.24, 2.45) is 5.92 Å². The molecular formula is C8H14O6S2. The molecule has 0 heterocycles. The van der Waals surface area contributed by atoms with Crippen molar-refractivity contribution in [1.29, 1.82) is 0 Å². The van der Waals surface area contributed by atoms with Crippen LogP contribution in [0.4, 0.5) is 0 Å². The Balaban J connectivity index is 2.56. The van der Waals surface area contributed by atoms with Crippen LogP contribution in [0.2, 0.25) is 0 Å². The molecule has 6 nitrogen and oxygen atoms in total. The second-order valence-electron chi connectivity index (χ2n) is 3.66. The first-order valence-corrected chi connectivity index (χ1v) is 8.20. The van der Waals surface area contributed by atoms with E-state index in [9.17, 15) is 16.8 Å². The van der Waals surface area contributed by atoms with Crippen LogP contribution < -0.4 is 0 Å². The van der Waals surface area contributed by atoms with Gasteiger partial charge >= 0.3 is 0 Å². The van der Waals surface area contributed by atoms with E-state index in [1.165, 1.54) is 0 Å². The fourth-order valence-electron chi connectivity index (χ4n) is 1.39. The summed E-state index contributed by atoms with van der Waals surface area (Å²) in [5, 5.41) is 0. The van der Waals surface area contributed by atoms with Crippen LogP contribution in [-0.4, -0.2) is 42.1 Å². The average Bonchev–Trinajstić information content (AvgIpc) is 2.44. The highest BCUT2D eigenvalue weighted by molar-refractivity contribution is 7.86. The first-order chi connectivity index (χ1) is 7.17. The largest absolute Gasteiger partial charge is 0.270 e. The Morgan fingerprint density at radius 2 is 1.81 bits per heavy atom. The molecule has 0 saturated heterocycles. The van der Waals surface area contributed by atoms with Crippen LogP contribution in [-0.2, 0) is 28.6 Å². The Morgan fingerprint density at radius 1 is 1.19 bits per heavy atom. The van der Waals surface area contributed by atoms with Crippen molar-refractivity contribution in [3.8, 4) is 0 Å². The molecule has 16 heavy (non-hydrogen) atoms. The van der Waals surface area contributed by atoms with Crippen LogP contribution in [0.1, 0.15) is 6.42 Å². The quantitative estimate of drug-likeness (QED) is 0.511. The third kappa shape index (κ3) is 5.06. The molecule has 0 N–H and O–H groups in total. The molecule has 0 aromatic rings. The van der Waals surface area contributed by atoms with Gasteiger partial charge in [-0.3, -0.25) is 8.37 Å². The summed E-state index contributed by atoms with van der Waals surface area (Å²) >= 11 is 0.